The van der Waals surface area contributed by atoms with Crippen LogP contribution in [-0.2, 0) is 20.7 Å². The highest BCUT2D eigenvalue weighted by Crippen LogP contribution is 2.36. The van der Waals surface area contributed by atoms with Gasteiger partial charge in [-0.15, -0.1) is 0 Å². The standard InChI is InChI=1S/C19H25NO5/c1-24-15-5-6-17-13(9-15)3-2-4-14(17)10-18(21)20-7-8-25-16(12-20)11-19(22)23/h5-6,9,14,16H,2-4,7-8,10-12H2,1H3,(H,22,23)/t14-,16+/m0/s1. The number of aryl methyl sites for hydroxylation is 1. The molecular formula is C19H25NO5. The number of benzene rings is 1. The number of amides is 1. The van der Waals surface area contributed by atoms with Crippen molar-refractivity contribution in [3.63, 3.8) is 0 Å². The van der Waals surface area contributed by atoms with E-state index in [0.717, 1.165) is 25.0 Å². The maximum atomic E-state index is 12.7. The van der Waals surface area contributed by atoms with Crippen LogP contribution in [-0.4, -0.2) is 54.8 Å². The molecule has 0 unspecified atom stereocenters. The van der Waals surface area contributed by atoms with Crippen molar-refractivity contribution in [2.45, 2.75) is 44.1 Å². The van der Waals surface area contributed by atoms with Crippen LogP contribution in [0.1, 0.15) is 42.7 Å². The minimum Gasteiger partial charge on any atom is -0.497 e. The number of rotatable bonds is 5. The first-order valence-corrected chi connectivity index (χ1v) is 8.85. The van der Waals surface area contributed by atoms with Crippen molar-refractivity contribution in [1.29, 1.82) is 0 Å². The Morgan fingerprint density at radius 1 is 1.36 bits per heavy atom. The molecule has 1 aliphatic carbocycles. The minimum absolute atomic E-state index is 0.0597. The van der Waals surface area contributed by atoms with Gasteiger partial charge in [0, 0.05) is 19.5 Å². The third-order valence-corrected chi connectivity index (χ3v) is 5.10. The molecule has 0 saturated carbocycles. The topological polar surface area (TPSA) is 76.1 Å². The van der Waals surface area contributed by atoms with Crippen molar-refractivity contribution in [2.24, 2.45) is 0 Å². The molecule has 6 nitrogen and oxygen atoms in total. The Hall–Kier alpha value is -2.08. The summed E-state index contributed by atoms with van der Waals surface area (Å²) in [6.45, 7) is 1.31. The van der Waals surface area contributed by atoms with Crippen LogP contribution in [0, 0.1) is 0 Å². The summed E-state index contributed by atoms with van der Waals surface area (Å²) in [4.78, 5) is 25.3. The Kier molecular flexibility index (Phi) is 5.58. The van der Waals surface area contributed by atoms with Gasteiger partial charge in [0.2, 0.25) is 5.91 Å². The number of ether oxygens (including phenoxy) is 2. The molecule has 1 amide bonds. The molecule has 1 N–H and O–H groups in total. The van der Waals surface area contributed by atoms with Gasteiger partial charge in [0.15, 0.2) is 0 Å². The number of methoxy groups -OCH3 is 1. The number of hydrogen-bond acceptors (Lipinski definition) is 4. The largest absolute Gasteiger partial charge is 0.497 e. The maximum absolute atomic E-state index is 12.7. The molecule has 1 aromatic carbocycles. The average molecular weight is 347 g/mol. The van der Waals surface area contributed by atoms with E-state index in [-0.39, 0.29) is 18.2 Å². The lowest BCUT2D eigenvalue weighted by molar-refractivity contribution is -0.147. The molecule has 1 aromatic rings. The zero-order valence-corrected chi connectivity index (χ0v) is 14.6. The summed E-state index contributed by atoms with van der Waals surface area (Å²) in [5.74, 6) is 0.278. The molecule has 2 aliphatic rings. The number of fused-ring (bicyclic) bond motifs is 1. The average Bonchev–Trinajstić information content (AvgIpc) is 2.61. The lowest BCUT2D eigenvalue weighted by atomic mass is 9.80. The highest BCUT2D eigenvalue weighted by atomic mass is 16.5. The molecule has 25 heavy (non-hydrogen) atoms. The van der Waals surface area contributed by atoms with Crippen LogP contribution in [0.2, 0.25) is 0 Å². The van der Waals surface area contributed by atoms with E-state index in [2.05, 4.69) is 12.1 Å². The zero-order chi connectivity index (χ0) is 17.8. The van der Waals surface area contributed by atoms with Gasteiger partial charge in [0.25, 0.3) is 0 Å². The number of nitrogens with zero attached hydrogens (tertiary/aromatic N) is 1. The normalized spacial score (nSPS) is 23.0. The predicted octanol–water partition coefficient (Wildman–Crippen LogP) is 2.21. The van der Waals surface area contributed by atoms with Crippen molar-refractivity contribution in [2.75, 3.05) is 26.8 Å². The van der Waals surface area contributed by atoms with E-state index in [1.54, 1.807) is 12.0 Å². The third kappa shape index (κ3) is 4.31. The van der Waals surface area contributed by atoms with Crippen LogP contribution < -0.4 is 4.74 Å². The van der Waals surface area contributed by atoms with Crippen molar-refractivity contribution in [1.82, 2.24) is 4.90 Å². The summed E-state index contributed by atoms with van der Waals surface area (Å²) < 4.78 is 10.8. The number of aliphatic carboxylic acids is 1. The Labute approximate surface area is 147 Å². The first-order chi connectivity index (χ1) is 12.1. The van der Waals surface area contributed by atoms with Gasteiger partial charge in [-0.2, -0.15) is 0 Å². The second kappa shape index (κ2) is 7.87. The van der Waals surface area contributed by atoms with Crippen LogP contribution in [0.5, 0.6) is 5.75 Å². The smallest absolute Gasteiger partial charge is 0.306 e. The summed E-state index contributed by atoms with van der Waals surface area (Å²) in [5.41, 5.74) is 2.52. The fourth-order valence-electron chi connectivity index (χ4n) is 3.83. The first-order valence-electron chi connectivity index (χ1n) is 8.85. The van der Waals surface area contributed by atoms with Crippen LogP contribution in [0.3, 0.4) is 0 Å². The van der Waals surface area contributed by atoms with Gasteiger partial charge in [-0.25, -0.2) is 0 Å². The van der Waals surface area contributed by atoms with Crippen molar-refractivity contribution >= 4 is 11.9 Å². The van der Waals surface area contributed by atoms with E-state index < -0.39 is 12.1 Å². The van der Waals surface area contributed by atoms with Gasteiger partial charge < -0.3 is 19.5 Å². The van der Waals surface area contributed by atoms with Crippen LogP contribution in [0.25, 0.3) is 0 Å². The van der Waals surface area contributed by atoms with E-state index >= 15 is 0 Å². The van der Waals surface area contributed by atoms with Crippen molar-refractivity contribution in [3.8, 4) is 5.75 Å². The van der Waals surface area contributed by atoms with Crippen LogP contribution >= 0.6 is 0 Å². The van der Waals surface area contributed by atoms with Gasteiger partial charge in [-0.1, -0.05) is 6.07 Å². The lowest BCUT2D eigenvalue weighted by Gasteiger charge is -2.34. The fraction of sp³-hybridized carbons (Fsp3) is 0.579. The van der Waals surface area contributed by atoms with Gasteiger partial charge in [-0.3, -0.25) is 9.59 Å². The second-order valence-corrected chi connectivity index (χ2v) is 6.79. The molecular weight excluding hydrogens is 322 g/mol. The number of carboxylic acid groups (broad SMARTS) is 1. The molecule has 1 aliphatic heterocycles. The van der Waals surface area contributed by atoms with Crippen molar-refractivity contribution < 1.29 is 24.2 Å². The molecule has 0 bridgehead atoms. The molecule has 1 heterocycles. The Bertz CT molecular complexity index is 645. The number of hydrogen-bond donors (Lipinski definition) is 1. The number of morpholine rings is 1. The molecule has 2 atom stereocenters. The lowest BCUT2D eigenvalue weighted by Crippen LogP contribution is -2.46. The number of carbonyl (C=O) groups excluding carboxylic acids is 1. The molecule has 0 aromatic heterocycles. The van der Waals surface area contributed by atoms with E-state index in [0.29, 0.717) is 26.1 Å². The molecule has 1 saturated heterocycles. The van der Waals surface area contributed by atoms with Crippen molar-refractivity contribution in [3.05, 3.63) is 29.3 Å². The van der Waals surface area contributed by atoms with Gasteiger partial charge in [0.1, 0.15) is 5.75 Å². The molecule has 3 rings (SSSR count). The number of carbonyl (C=O) groups is 2. The fourth-order valence-corrected chi connectivity index (χ4v) is 3.83. The molecule has 1 fully saturated rings. The Morgan fingerprint density at radius 2 is 2.20 bits per heavy atom. The maximum Gasteiger partial charge on any atom is 0.306 e. The van der Waals surface area contributed by atoms with E-state index in [1.807, 2.05) is 6.07 Å². The summed E-state index contributed by atoms with van der Waals surface area (Å²) >= 11 is 0. The second-order valence-electron chi connectivity index (χ2n) is 6.79. The SMILES string of the molecule is COc1ccc2c(c1)CCC[C@H]2CC(=O)N1CCO[C@H](CC(=O)O)C1. The molecule has 6 heteroatoms. The monoisotopic (exact) mass is 347 g/mol. The third-order valence-electron chi connectivity index (χ3n) is 5.10. The van der Waals surface area contributed by atoms with Gasteiger partial charge >= 0.3 is 5.97 Å². The zero-order valence-electron chi connectivity index (χ0n) is 14.6. The molecule has 0 spiro atoms. The molecule has 0 radical (unpaired) electrons. The molecule has 136 valence electrons. The van der Waals surface area contributed by atoms with Crippen LogP contribution in [0.4, 0.5) is 0 Å². The summed E-state index contributed by atoms with van der Waals surface area (Å²) in [5, 5.41) is 8.91. The van der Waals surface area contributed by atoms with Crippen LogP contribution in [0.15, 0.2) is 18.2 Å². The Morgan fingerprint density at radius 3 is 2.96 bits per heavy atom. The minimum atomic E-state index is -0.894. The van der Waals surface area contributed by atoms with E-state index in [4.69, 9.17) is 14.6 Å². The van der Waals surface area contributed by atoms with Gasteiger partial charge in [-0.05, 0) is 48.4 Å². The highest BCUT2D eigenvalue weighted by Gasteiger charge is 2.29. The van der Waals surface area contributed by atoms with E-state index in [1.165, 1.54) is 11.1 Å². The van der Waals surface area contributed by atoms with Gasteiger partial charge in [0.05, 0.1) is 26.2 Å². The number of carboxylic acids is 1. The summed E-state index contributed by atoms with van der Waals surface area (Å²) in [6.07, 6.45) is 3.11. The highest BCUT2D eigenvalue weighted by molar-refractivity contribution is 5.77. The quantitative estimate of drug-likeness (QED) is 0.884. The Balaban J connectivity index is 1.65. The summed E-state index contributed by atoms with van der Waals surface area (Å²) in [6, 6.07) is 6.11. The van der Waals surface area contributed by atoms with E-state index in [9.17, 15) is 9.59 Å². The first kappa shape index (κ1) is 17.7. The predicted molar refractivity (Wildman–Crippen MR) is 91.9 cm³/mol. The summed E-state index contributed by atoms with van der Waals surface area (Å²) in [7, 11) is 1.66.